The van der Waals surface area contributed by atoms with E-state index in [1.165, 1.54) is 43.7 Å². The SMILES string of the molecule is CCCN1CCC(CNC(=NC)NC2CCN(c3ccc(C)cc3)C2)C1. The van der Waals surface area contributed by atoms with Gasteiger partial charge in [-0.15, -0.1) is 0 Å². The van der Waals surface area contributed by atoms with E-state index in [1.54, 1.807) is 0 Å². The molecule has 2 saturated heterocycles. The van der Waals surface area contributed by atoms with E-state index in [0.717, 1.165) is 37.9 Å². The Bertz CT molecular complexity index is 583. The maximum absolute atomic E-state index is 4.44. The summed E-state index contributed by atoms with van der Waals surface area (Å²) in [5, 5.41) is 7.18. The average Bonchev–Trinajstić information content (AvgIpc) is 3.29. The largest absolute Gasteiger partial charge is 0.369 e. The summed E-state index contributed by atoms with van der Waals surface area (Å²) < 4.78 is 0. The minimum Gasteiger partial charge on any atom is -0.369 e. The van der Waals surface area contributed by atoms with Gasteiger partial charge in [0.05, 0.1) is 0 Å². The van der Waals surface area contributed by atoms with Crippen LogP contribution in [0.15, 0.2) is 29.3 Å². The fourth-order valence-corrected chi connectivity index (χ4v) is 4.10. The Morgan fingerprint density at radius 3 is 2.69 bits per heavy atom. The van der Waals surface area contributed by atoms with Crippen molar-refractivity contribution in [3.8, 4) is 0 Å². The van der Waals surface area contributed by atoms with Crippen molar-refractivity contribution in [2.75, 3.05) is 51.2 Å². The molecule has 2 heterocycles. The first-order valence-corrected chi connectivity index (χ1v) is 10.2. The summed E-state index contributed by atoms with van der Waals surface area (Å²) in [6.07, 6.45) is 3.71. The van der Waals surface area contributed by atoms with Crippen molar-refractivity contribution in [1.82, 2.24) is 15.5 Å². The summed E-state index contributed by atoms with van der Waals surface area (Å²) in [7, 11) is 1.88. The molecule has 0 aliphatic carbocycles. The van der Waals surface area contributed by atoms with Gasteiger partial charge in [0, 0.05) is 45.0 Å². The summed E-state index contributed by atoms with van der Waals surface area (Å²) in [6, 6.07) is 9.31. The fraction of sp³-hybridized carbons (Fsp3) is 0.667. The third kappa shape index (κ3) is 5.13. The van der Waals surface area contributed by atoms with Crippen molar-refractivity contribution >= 4 is 11.6 Å². The molecule has 0 bridgehead atoms. The van der Waals surface area contributed by atoms with Crippen LogP contribution in [-0.2, 0) is 0 Å². The molecule has 5 nitrogen and oxygen atoms in total. The number of benzene rings is 1. The first-order valence-electron chi connectivity index (χ1n) is 10.2. The minimum absolute atomic E-state index is 0.461. The Labute approximate surface area is 158 Å². The highest BCUT2D eigenvalue weighted by atomic mass is 15.2. The second-order valence-corrected chi connectivity index (χ2v) is 7.82. The quantitative estimate of drug-likeness (QED) is 0.606. The van der Waals surface area contributed by atoms with Crippen LogP contribution in [0.4, 0.5) is 5.69 Å². The Morgan fingerprint density at radius 2 is 1.96 bits per heavy atom. The van der Waals surface area contributed by atoms with Gasteiger partial charge < -0.3 is 20.4 Å². The van der Waals surface area contributed by atoms with Crippen molar-refractivity contribution < 1.29 is 0 Å². The highest BCUT2D eigenvalue weighted by Crippen LogP contribution is 2.21. The van der Waals surface area contributed by atoms with E-state index in [9.17, 15) is 0 Å². The van der Waals surface area contributed by atoms with Crippen LogP contribution in [-0.4, -0.2) is 63.2 Å². The van der Waals surface area contributed by atoms with Crippen molar-refractivity contribution in [3.63, 3.8) is 0 Å². The summed E-state index contributed by atoms with van der Waals surface area (Å²) in [5.74, 6) is 1.70. The van der Waals surface area contributed by atoms with Gasteiger partial charge in [-0.1, -0.05) is 24.6 Å². The normalized spacial score (nSPS) is 24.3. The zero-order valence-corrected chi connectivity index (χ0v) is 16.7. The van der Waals surface area contributed by atoms with Gasteiger partial charge in [0.25, 0.3) is 0 Å². The van der Waals surface area contributed by atoms with Gasteiger partial charge in [0.15, 0.2) is 5.96 Å². The molecule has 5 heteroatoms. The number of rotatable bonds is 6. The molecule has 0 spiro atoms. The highest BCUT2D eigenvalue weighted by Gasteiger charge is 2.25. The van der Waals surface area contributed by atoms with E-state index in [2.05, 4.69) is 63.5 Å². The molecule has 2 aliphatic heterocycles. The highest BCUT2D eigenvalue weighted by molar-refractivity contribution is 5.80. The topological polar surface area (TPSA) is 42.9 Å². The number of nitrogens with zero attached hydrogens (tertiary/aromatic N) is 3. The molecule has 2 N–H and O–H groups in total. The second-order valence-electron chi connectivity index (χ2n) is 7.82. The number of hydrogen-bond acceptors (Lipinski definition) is 3. The summed E-state index contributed by atoms with van der Waals surface area (Å²) in [6.45, 7) is 11.3. The van der Waals surface area contributed by atoms with Gasteiger partial charge in [-0.05, 0) is 57.3 Å². The molecule has 0 radical (unpaired) electrons. The number of likely N-dealkylation sites (tertiary alicyclic amines) is 1. The number of anilines is 1. The minimum atomic E-state index is 0.461. The van der Waals surface area contributed by atoms with Gasteiger partial charge in [0.1, 0.15) is 0 Å². The molecule has 2 atom stereocenters. The molecule has 1 aromatic carbocycles. The predicted octanol–water partition coefficient (Wildman–Crippen LogP) is 2.47. The van der Waals surface area contributed by atoms with E-state index in [4.69, 9.17) is 0 Å². The van der Waals surface area contributed by atoms with Crippen molar-refractivity contribution in [2.24, 2.45) is 10.9 Å². The smallest absolute Gasteiger partial charge is 0.191 e. The number of nitrogens with one attached hydrogen (secondary N) is 2. The monoisotopic (exact) mass is 357 g/mol. The van der Waals surface area contributed by atoms with Gasteiger partial charge >= 0.3 is 0 Å². The molecule has 0 amide bonds. The van der Waals surface area contributed by atoms with Crippen LogP contribution in [0, 0.1) is 12.8 Å². The Hall–Kier alpha value is -1.75. The third-order valence-electron chi connectivity index (χ3n) is 5.62. The van der Waals surface area contributed by atoms with Crippen molar-refractivity contribution in [1.29, 1.82) is 0 Å². The van der Waals surface area contributed by atoms with E-state index < -0.39 is 0 Å². The summed E-state index contributed by atoms with van der Waals surface area (Å²) >= 11 is 0. The maximum Gasteiger partial charge on any atom is 0.191 e. The number of hydrogen-bond donors (Lipinski definition) is 2. The van der Waals surface area contributed by atoms with Crippen LogP contribution in [0.25, 0.3) is 0 Å². The molecule has 1 aromatic rings. The lowest BCUT2D eigenvalue weighted by Gasteiger charge is -2.21. The maximum atomic E-state index is 4.44. The molecule has 2 aliphatic rings. The lowest BCUT2D eigenvalue weighted by molar-refractivity contribution is 0.324. The molecule has 0 aromatic heterocycles. The standard InChI is InChI=1S/C21H35N5/c1-4-11-25-12-9-18(15-25)14-23-21(22-3)24-19-10-13-26(16-19)20-7-5-17(2)6-8-20/h5-8,18-19H,4,9-16H2,1-3H3,(H2,22,23,24). The second kappa shape index (κ2) is 9.26. The lowest BCUT2D eigenvalue weighted by atomic mass is 10.1. The number of aryl methyl sites for hydroxylation is 1. The first-order chi connectivity index (χ1) is 12.7. The molecule has 2 unspecified atom stereocenters. The van der Waals surface area contributed by atoms with Crippen LogP contribution in [0.5, 0.6) is 0 Å². The van der Waals surface area contributed by atoms with Crippen LogP contribution in [0.2, 0.25) is 0 Å². The van der Waals surface area contributed by atoms with E-state index in [-0.39, 0.29) is 0 Å². The molecule has 144 valence electrons. The van der Waals surface area contributed by atoms with Gasteiger partial charge in [-0.25, -0.2) is 0 Å². The summed E-state index contributed by atoms with van der Waals surface area (Å²) in [4.78, 5) is 9.48. The van der Waals surface area contributed by atoms with Crippen LogP contribution >= 0.6 is 0 Å². The summed E-state index contributed by atoms with van der Waals surface area (Å²) in [5.41, 5.74) is 2.64. The van der Waals surface area contributed by atoms with Gasteiger partial charge in [-0.2, -0.15) is 0 Å². The predicted molar refractivity (Wildman–Crippen MR) is 111 cm³/mol. The van der Waals surface area contributed by atoms with Gasteiger partial charge in [-0.3, -0.25) is 4.99 Å². The van der Waals surface area contributed by atoms with Gasteiger partial charge in [0.2, 0.25) is 0 Å². The lowest BCUT2D eigenvalue weighted by Crippen LogP contribution is -2.46. The van der Waals surface area contributed by atoms with Crippen molar-refractivity contribution in [2.45, 2.75) is 39.2 Å². The third-order valence-corrected chi connectivity index (χ3v) is 5.62. The average molecular weight is 358 g/mol. The fourth-order valence-electron chi connectivity index (χ4n) is 4.10. The number of aliphatic imine (C=N–C) groups is 1. The van der Waals surface area contributed by atoms with Crippen LogP contribution in [0.3, 0.4) is 0 Å². The zero-order chi connectivity index (χ0) is 18.4. The molecular formula is C21H35N5. The molecule has 26 heavy (non-hydrogen) atoms. The van der Waals surface area contributed by atoms with E-state index >= 15 is 0 Å². The Morgan fingerprint density at radius 1 is 1.15 bits per heavy atom. The molecule has 0 saturated carbocycles. The Balaban J connectivity index is 1.42. The van der Waals surface area contributed by atoms with Crippen molar-refractivity contribution in [3.05, 3.63) is 29.8 Å². The Kier molecular flexibility index (Phi) is 6.78. The first kappa shape index (κ1) is 19.0. The molecule has 3 rings (SSSR count). The van der Waals surface area contributed by atoms with Crippen LogP contribution in [0.1, 0.15) is 31.7 Å². The number of guanidine groups is 1. The molecular weight excluding hydrogens is 322 g/mol. The van der Waals surface area contributed by atoms with E-state index in [1.807, 2.05) is 7.05 Å². The van der Waals surface area contributed by atoms with Crippen LogP contribution < -0.4 is 15.5 Å². The van der Waals surface area contributed by atoms with E-state index in [0.29, 0.717) is 6.04 Å². The molecule has 2 fully saturated rings. The zero-order valence-electron chi connectivity index (χ0n) is 16.7.